The molecular weight excluding hydrogens is 388 g/mol. The molecule has 9 heteroatoms. The van der Waals surface area contributed by atoms with Gasteiger partial charge in [-0.2, -0.15) is 4.31 Å². The van der Waals surface area contributed by atoms with Crippen LogP contribution in [0.5, 0.6) is 0 Å². The molecule has 0 radical (unpaired) electrons. The molecule has 1 fully saturated rings. The highest BCUT2D eigenvalue weighted by atomic mass is 35.5. The van der Waals surface area contributed by atoms with Crippen molar-refractivity contribution < 1.29 is 13.2 Å². The van der Waals surface area contributed by atoms with Gasteiger partial charge in [0, 0.05) is 32.1 Å². The van der Waals surface area contributed by atoms with E-state index in [-0.39, 0.29) is 35.2 Å². The fraction of sp³-hybridized carbons (Fsp3) is 0.611. The molecule has 2 atom stereocenters. The Kier molecular flexibility index (Phi) is 9.01. The minimum absolute atomic E-state index is 0. The number of anilines is 2. The van der Waals surface area contributed by atoms with Gasteiger partial charge in [0.05, 0.1) is 16.3 Å². The summed E-state index contributed by atoms with van der Waals surface area (Å²) in [6, 6.07) is 4.82. The number of hydrogen-bond acceptors (Lipinski definition) is 5. The molecule has 154 valence electrons. The van der Waals surface area contributed by atoms with E-state index in [4.69, 9.17) is 5.73 Å². The van der Waals surface area contributed by atoms with E-state index in [0.29, 0.717) is 30.9 Å². The van der Waals surface area contributed by atoms with Crippen LogP contribution in [0.1, 0.15) is 39.5 Å². The van der Waals surface area contributed by atoms with Crippen molar-refractivity contribution in [1.82, 2.24) is 4.31 Å². The Labute approximate surface area is 168 Å². The minimum Gasteiger partial charge on any atom is -0.386 e. The number of benzene rings is 1. The highest BCUT2D eigenvalue weighted by Gasteiger charge is 2.27. The lowest BCUT2D eigenvalue weighted by Gasteiger charge is -2.26. The first kappa shape index (κ1) is 23.7. The zero-order valence-electron chi connectivity index (χ0n) is 16.2. The van der Waals surface area contributed by atoms with Gasteiger partial charge in [-0.1, -0.05) is 20.3 Å². The third-order valence-corrected chi connectivity index (χ3v) is 6.99. The summed E-state index contributed by atoms with van der Waals surface area (Å²) < 4.78 is 26.9. The number of sulfonamides is 1. The van der Waals surface area contributed by atoms with Crippen molar-refractivity contribution in [2.24, 2.45) is 11.7 Å². The fourth-order valence-corrected chi connectivity index (χ4v) is 4.90. The van der Waals surface area contributed by atoms with Gasteiger partial charge >= 0.3 is 0 Å². The van der Waals surface area contributed by atoms with Gasteiger partial charge in [0.25, 0.3) is 0 Å². The lowest BCUT2D eigenvalue weighted by atomic mass is 9.85. The highest BCUT2D eigenvalue weighted by molar-refractivity contribution is 7.89. The number of nitrogens with one attached hydrogen (secondary N) is 2. The zero-order chi connectivity index (χ0) is 19.3. The van der Waals surface area contributed by atoms with Crippen LogP contribution in [-0.2, 0) is 14.8 Å². The summed E-state index contributed by atoms with van der Waals surface area (Å²) in [6.45, 7) is 4.40. The molecule has 1 aliphatic carbocycles. The standard InChI is InChI=1S/C18H30N4O3S.ClH/c1-4-22(5-2)26(24,25)15-9-10-16(20-3)17(12-15)21-18(23)13-7-6-8-14(19)11-13;/h9-10,12-14,20H,4-8,11,19H2,1-3H3,(H,21,23);1H. The van der Waals surface area contributed by atoms with Crippen molar-refractivity contribution in [3.63, 3.8) is 0 Å². The summed E-state index contributed by atoms with van der Waals surface area (Å²) in [5, 5.41) is 5.90. The van der Waals surface area contributed by atoms with Crippen LogP contribution in [0, 0.1) is 5.92 Å². The third-order valence-electron chi connectivity index (χ3n) is 4.95. The van der Waals surface area contributed by atoms with Crippen LogP contribution in [0.2, 0.25) is 0 Å². The van der Waals surface area contributed by atoms with Gasteiger partial charge in [-0.15, -0.1) is 12.4 Å². The Balaban J connectivity index is 0.00000364. The summed E-state index contributed by atoms with van der Waals surface area (Å²) in [7, 11) is -1.85. The number of carbonyl (C=O) groups is 1. The van der Waals surface area contributed by atoms with Crippen LogP contribution in [0.15, 0.2) is 23.1 Å². The maximum absolute atomic E-state index is 12.8. The molecule has 1 aromatic rings. The maximum Gasteiger partial charge on any atom is 0.243 e. The summed E-state index contributed by atoms with van der Waals surface area (Å²) >= 11 is 0. The van der Waals surface area contributed by atoms with E-state index in [2.05, 4.69) is 10.6 Å². The Morgan fingerprint density at radius 3 is 2.44 bits per heavy atom. The second-order valence-electron chi connectivity index (χ2n) is 6.66. The van der Waals surface area contributed by atoms with Crippen molar-refractivity contribution in [1.29, 1.82) is 0 Å². The Bertz CT molecular complexity index is 738. The quantitative estimate of drug-likeness (QED) is 0.631. The SMILES string of the molecule is CCN(CC)S(=O)(=O)c1ccc(NC)c(NC(=O)C2CCCC(N)C2)c1.Cl. The highest BCUT2D eigenvalue weighted by Crippen LogP contribution is 2.29. The normalized spacial score (nSPS) is 20.0. The minimum atomic E-state index is -3.58. The van der Waals surface area contributed by atoms with Crippen LogP contribution < -0.4 is 16.4 Å². The molecule has 1 aliphatic rings. The molecule has 0 bridgehead atoms. The fourth-order valence-electron chi connectivity index (χ4n) is 3.42. The van der Waals surface area contributed by atoms with Gasteiger partial charge in [-0.25, -0.2) is 8.42 Å². The molecule has 2 rings (SSSR count). The Morgan fingerprint density at radius 2 is 1.89 bits per heavy atom. The van der Waals surface area contributed by atoms with Crippen molar-refractivity contribution >= 4 is 39.7 Å². The van der Waals surface area contributed by atoms with Crippen molar-refractivity contribution in [3.8, 4) is 0 Å². The predicted octanol–water partition coefficient (Wildman–Crippen LogP) is 2.64. The van der Waals surface area contributed by atoms with E-state index < -0.39 is 10.0 Å². The third kappa shape index (κ3) is 5.57. The summed E-state index contributed by atoms with van der Waals surface area (Å²) in [6.07, 6.45) is 3.36. The van der Waals surface area contributed by atoms with Crippen molar-refractivity contribution in [3.05, 3.63) is 18.2 Å². The Morgan fingerprint density at radius 1 is 1.22 bits per heavy atom. The smallest absolute Gasteiger partial charge is 0.243 e. The molecule has 4 N–H and O–H groups in total. The second-order valence-corrected chi connectivity index (χ2v) is 8.60. The topological polar surface area (TPSA) is 105 Å². The predicted molar refractivity (Wildman–Crippen MR) is 112 cm³/mol. The number of nitrogens with zero attached hydrogens (tertiary/aromatic N) is 1. The number of amides is 1. The van der Waals surface area contributed by atoms with Gasteiger partial charge in [0.1, 0.15) is 0 Å². The second kappa shape index (κ2) is 10.3. The van der Waals surface area contributed by atoms with Crippen LogP contribution in [-0.4, -0.2) is 44.8 Å². The van der Waals surface area contributed by atoms with Gasteiger partial charge < -0.3 is 16.4 Å². The van der Waals surface area contributed by atoms with Crippen LogP contribution in [0.25, 0.3) is 0 Å². The van der Waals surface area contributed by atoms with Crippen LogP contribution in [0.4, 0.5) is 11.4 Å². The molecule has 7 nitrogen and oxygen atoms in total. The molecule has 27 heavy (non-hydrogen) atoms. The lowest BCUT2D eigenvalue weighted by Crippen LogP contribution is -2.34. The Hall–Kier alpha value is -1.35. The number of halogens is 1. The monoisotopic (exact) mass is 418 g/mol. The van der Waals surface area contributed by atoms with E-state index in [1.54, 1.807) is 33.0 Å². The largest absolute Gasteiger partial charge is 0.386 e. The summed E-state index contributed by atoms with van der Waals surface area (Å²) in [4.78, 5) is 12.8. The maximum atomic E-state index is 12.8. The van der Waals surface area contributed by atoms with Gasteiger partial charge in [-0.3, -0.25) is 4.79 Å². The van der Waals surface area contributed by atoms with E-state index >= 15 is 0 Å². The molecular formula is C18H31ClN4O3S. The number of hydrogen-bond donors (Lipinski definition) is 3. The molecule has 0 heterocycles. The summed E-state index contributed by atoms with van der Waals surface area (Å²) in [5.41, 5.74) is 7.13. The molecule has 0 aromatic heterocycles. The van der Waals surface area contributed by atoms with E-state index in [9.17, 15) is 13.2 Å². The number of rotatable bonds is 7. The zero-order valence-corrected chi connectivity index (χ0v) is 17.8. The van der Waals surface area contributed by atoms with Crippen LogP contribution in [0.3, 0.4) is 0 Å². The van der Waals surface area contributed by atoms with Gasteiger partial charge in [-0.05, 0) is 37.5 Å². The average Bonchev–Trinajstić information content (AvgIpc) is 2.62. The molecule has 1 saturated carbocycles. The number of nitrogens with two attached hydrogens (primary N) is 1. The first-order valence-corrected chi connectivity index (χ1v) is 10.7. The molecule has 0 saturated heterocycles. The van der Waals surface area contributed by atoms with Crippen molar-refractivity contribution in [2.45, 2.75) is 50.5 Å². The lowest BCUT2D eigenvalue weighted by molar-refractivity contribution is -0.120. The van der Waals surface area contributed by atoms with Gasteiger partial charge in [0.2, 0.25) is 15.9 Å². The van der Waals surface area contributed by atoms with E-state index in [1.807, 2.05) is 0 Å². The molecule has 2 unspecified atom stereocenters. The molecule has 1 amide bonds. The molecule has 0 aliphatic heterocycles. The average molecular weight is 419 g/mol. The summed E-state index contributed by atoms with van der Waals surface area (Å²) in [5.74, 6) is -0.236. The molecule has 0 spiro atoms. The van der Waals surface area contributed by atoms with E-state index in [0.717, 1.165) is 19.3 Å². The molecule has 1 aromatic carbocycles. The van der Waals surface area contributed by atoms with E-state index in [1.165, 1.54) is 10.4 Å². The first-order valence-electron chi connectivity index (χ1n) is 9.21. The number of carbonyl (C=O) groups excluding carboxylic acids is 1. The van der Waals surface area contributed by atoms with Gasteiger partial charge in [0.15, 0.2) is 0 Å². The van der Waals surface area contributed by atoms with Crippen LogP contribution >= 0.6 is 12.4 Å². The first-order chi connectivity index (χ1) is 12.3. The van der Waals surface area contributed by atoms with Crippen molar-refractivity contribution in [2.75, 3.05) is 30.8 Å².